The van der Waals surface area contributed by atoms with Crippen LogP contribution in [0.4, 0.5) is 0 Å². The molecule has 0 aliphatic heterocycles. The van der Waals surface area contributed by atoms with Gasteiger partial charge in [-0.1, -0.05) is 0 Å². The van der Waals surface area contributed by atoms with Crippen LogP contribution in [0.3, 0.4) is 0 Å². The third kappa shape index (κ3) is 3.29. The molecule has 1 atom stereocenters. The number of aromatic nitrogens is 1. The van der Waals surface area contributed by atoms with E-state index in [0.29, 0.717) is 5.69 Å². The summed E-state index contributed by atoms with van der Waals surface area (Å²) in [4.78, 5) is 27.5. The van der Waals surface area contributed by atoms with Crippen LogP contribution in [0.15, 0.2) is 12.3 Å². The van der Waals surface area contributed by atoms with Gasteiger partial charge in [0.15, 0.2) is 5.78 Å². The van der Waals surface area contributed by atoms with Crippen LogP contribution in [-0.4, -0.2) is 52.2 Å². The summed E-state index contributed by atoms with van der Waals surface area (Å²) in [5.41, 5.74) is 0.367. The van der Waals surface area contributed by atoms with E-state index in [4.69, 9.17) is 20.1 Å². The van der Waals surface area contributed by atoms with Crippen molar-refractivity contribution in [3.05, 3.63) is 23.5 Å². The molecule has 0 saturated carbocycles. The number of pyridine rings is 1. The van der Waals surface area contributed by atoms with Gasteiger partial charge in [-0.15, -0.1) is 0 Å². The molecule has 1 aromatic rings. The minimum Gasteiger partial charge on any atom is -0.496 e. The van der Waals surface area contributed by atoms with Crippen molar-refractivity contribution in [2.24, 2.45) is 5.92 Å². The smallest absolute Gasteiger partial charge is 0.325 e. The second-order valence-electron chi connectivity index (χ2n) is 4.03. The van der Waals surface area contributed by atoms with Gasteiger partial charge in [-0.05, 0) is 6.92 Å². The van der Waals surface area contributed by atoms with Crippen molar-refractivity contribution in [2.45, 2.75) is 12.9 Å². The van der Waals surface area contributed by atoms with Crippen molar-refractivity contribution in [1.82, 2.24) is 4.98 Å². The molecule has 0 amide bonds. The van der Waals surface area contributed by atoms with Crippen molar-refractivity contribution in [3.8, 4) is 5.75 Å². The molecule has 110 valence electrons. The van der Waals surface area contributed by atoms with Crippen LogP contribution >= 0.6 is 0 Å². The van der Waals surface area contributed by atoms with E-state index in [2.05, 4.69) is 9.72 Å². The molecule has 1 aromatic heterocycles. The number of aliphatic hydroxyl groups is 3. The molecule has 0 aliphatic rings. The van der Waals surface area contributed by atoms with Gasteiger partial charge in [0.25, 0.3) is 5.97 Å². The monoisotopic (exact) mass is 285 g/mol. The van der Waals surface area contributed by atoms with E-state index in [0.717, 1.165) is 13.3 Å². The van der Waals surface area contributed by atoms with Gasteiger partial charge in [-0.2, -0.15) is 0 Å². The Morgan fingerprint density at radius 1 is 1.30 bits per heavy atom. The molecular weight excluding hydrogens is 270 g/mol. The van der Waals surface area contributed by atoms with E-state index < -0.39 is 23.6 Å². The number of methoxy groups -OCH3 is 2. The summed E-state index contributed by atoms with van der Waals surface area (Å²) in [6.07, 6.45) is 1.11. The van der Waals surface area contributed by atoms with E-state index in [9.17, 15) is 9.59 Å². The molecule has 0 spiro atoms. The summed E-state index contributed by atoms with van der Waals surface area (Å²) in [7, 11) is 2.24. The number of hydrogen-bond acceptors (Lipinski definition) is 8. The molecule has 8 nitrogen and oxygen atoms in total. The lowest BCUT2D eigenvalue weighted by Gasteiger charge is -2.23. The standard InChI is InChI=1S/C12H15NO7/c1-6-4-8(19-2)7(5-13-6)10(14)9(11(15)20-3)12(16,17)18/h4-5,9,16-18H,1-3H3. The second-order valence-corrected chi connectivity index (χ2v) is 4.03. The molecule has 8 heteroatoms. The first kappa shape index (κ1) is 16.0. The molecule has 0 aliphatic carbocycles. The van der Waals surface area contributed by atoms with Gasteiger partial charge in [0, 0.05) is 18.0 Å². The molecule has 1 heterocycles. The lowest BCUT2D eigenvalue weighted by molar-refractivity contribution is -0.327. The fourth-order valence-electron chi connectivity index (χ4n) is 1.60. The number of ketones is 1. The molecule has 3 N–H and O–H groups in total. The highest BCUT2D eigenvalue weighted by Gasteiger charge is 2.46. The fourth-order valence-corrected chi connectivity index (χ4v) is 1.60. The predicted octanol–water partition coefficient (Wildman–Crippen LogP) is -0.999. The third-order valence-corrected chi connectivity index (χ3v) is 2.57. The van der Waals surface area contributed by atoms with Crippen LogP contribution < -0.4 is 4.74 Å². The summed E-state index contributed by atoms with van der Waals surface area (Å²) < 4.78 is 9.24. The zero-order valence-corrected chi connectivity index (χ0v) is 11.2. The molecule has 0 saturated heterocycles. The van der Waals surface area contributed by atoms with Crippen LogP contribution in [0.5, 0.6) is 5.75 Å². The van der Waals surface area contributed by atoms with Crippen LogP contribution in [0.1, 0.15) is 16.1 Å². The van der Waals surface area contributed by atoms with E-state index in [1.165, 1.54) is 13.2 Å². The zero-order chi connectivity index (χ0) is 15.5. The van der Waals surface area contributed by atoms with Gasteiger partial charge in [0.05, 0.1) is 19.8 Å². The lowest BCUT2D eigenvalue weighted by atomic mass is 9.95. The number of ether oxygens (including phenoxy) is 2. The fraction of sp³-hybridized carbons (Fsp3) is 0.417. The van der Waals surface area contributed by atoms with Crippen LogP contribution in [0.2, 0.25) is 0 Å². The lowest BCUT2D eigenvalue weighted by Crippen LogP contribution is -2.47. The highest BCUT2D eigenvalue weighted by atomic mass is 16.7. The minimum absolute atomic E-state index is 0.0839. The molecule has 0 aromatic carbocycles. The number of Topliss-reactive ketones (excluding diaryl/α,β-unsaturated/α-hetero) is 1. The first-order valence-corrected chi connectivity index (χ1v) is 5.52. The molecule has 0 radical (unpaired) electrons. The Morgan fingerprint density at radius 3 is 2.35 bits per heavy atom. The van der Waals surface area contributed by atoms with Crippen molar-refractivity contribution in [3.63, 3.8) is 0 Å². The number of carbonyl (C=O) groups is 2. The second kappa shape index (κ2) is 5.95. The maximum absolute atomic E-state index is 12.2. The largest absolute Gasteiger partial charge is 0.496 e. The average Bonchev–Trinajstić information content (AvgIpc) is 2.36. The Kier molecular flexibility index (Phi) is 4.77. The molecule has 0 fully saturated rings. The summed E-state index contributed by atoms with van der Waals surface area (Å²) in [6.45, 7) is 1.66. The van der Waals surface area contributed by atoms with Gasteiger partial charge in [-0.25, -0.2) is 0 Å². The molecule has 1 rings (SSSR count). The summed E-state index contributed by atoms with van der Waals surface area (Å²) in [6, 6.07) is 1.43. The molecule has 20 heavy (non-hydrogen) atoms. The maximum atomic E-state index is 12.2. The quantitative estimate of drug-likeness (QED) is 0.272. The van der Waals surface area contributed by atoms with Gasteiger partial charge >= 0.3 is 5.97 Å². The Morgan fingerprint density at radius 2 is 1.90 bits per heavy atom. The van der Waals surface area contributed by atoms with Crippen molar-refractivity contribution in [2.75, 3.05) is 14.2 Å². The highest BCUT2D eigenvalue weighted by molar-refractivity contribution is 6.10. The van der Waals surface area contributed by atoms with E-state index in [1.54, 1.807) is 6.92 Å². The van der Waals surface area contributed by atoms with Gasteiger partial charge in [0.2, 0.25) is 5.92 Å². The molecule has 0 bridgehead atoms. The number of esters is 1. The predicted molar refractivity (Wildman–Crippen MR) is 64.7 cm³/mol. The summed E-state index contributed by atoms with van der Waals surface area (Å²) in [5, 5.41) is 27.5. The molecule has 1 unspecified atom stereocenters. The number of nitrogens with zero attached hydrogens (tertiary/aromatic N) is 1. The van der Waals surface area contributed by atoms with E-state index >= 15 is 0 Å². The molecular formula is C12H15NO7. The van der Waals surface area contributed by atoms with E-state index in [1.807, 2.05) is 0 Å². The normalized spacial score (nSPS) is 12.7. The highest BCUT2D eigenvalue weighted by Crippen LogP contribution is 2.25. The Bertz CT molecular complexity index is 521. The van der Waals surface area contributed by atoms with Gasteiger partial charge in [-0.3, -0.25) is 14.6 Å². The maximum Gasteiger partial charge on any atom is 0.325 e. The number of rotatable bonds is 5. The van der Waals surface area contributed by atoms with E-state index in [-0.39, 0.29) is 11.3 Å². The first-order valence-electron chi connectivity index (χ1n) is 5.52. The number of aryl methyl sites for hydroxylation is 1. The topological polar surface area (TPSA) is 126 Å². The Hall–Kier alpha value is -2.03. The first-order chi connectivity index (χ1) is 9.22. The van der Waals surface area contributed by atoms with Crippen molar-refractivity contribution in [1.29, 1.82) is 0 Å². The SMILES string of the molecule is COC(=O)C(C(=O)c1cnc(C)cc1OC)C(O)(O)O. The van der Waals surface area contributed by atoms with Crippen molar-refractivity contribution >= 4 is 11.8 Å². The zero-order valence-electron chi connectivity index (χ0n) is 11.2. The summed E-state index contributed by atoms with van der Waals surface area (Å²) >= 11 is 0. The van der Waals surface area contributed by atoms with Crippen molar-refractivity contribution < 1.29 is 34.4 Å². The van der Waals surface area contributed by atoms with Gasteiger partial charge in [0.1, 0.15) is 5.75 Å². The third-order valence-electron chi connectivity index (χ3n) is 2.57. The number of hydrogen-bond donors (Lipinski definition) is 3. The van der Waals surface area contributed by atoms with Crippen LogP contribution in [0, 0.1) is 12.8 Å². The average molecular weight is 285 g/mol. The van der Waals surface area contributed by atoms with Crippen LogP contribution in [0.25, 0.3) is 0 Å². The summed E-state index contributed by atoms with van der Waals surface area (Å²) in [5.74, 6) is -8.09. The Labute approximate surface area is 114 Å². The Balaban J connectivity index is 3.30. The van der Waals surface area contributed by atoms with Gasteiger partial charge < -0.3 is 24.8 Å². The van der Waals surface area contributed by atoms with Crippen LogP contribution in [-0.2, 0) is 9.53 Å². The number of carbonyl (C=O) groups excluding carboxylic acids is 2. The minimum atomic E-state index is -3.56.